The molecule has 3 rings (SSSR count). The van der Waals surface area contributed by atoms with Gasteiger partial charge in [0.05, 0.1) is 25.9 Å². The van der Waals surface area contributed by atoms with Crippen LogP contribution in [-0.2, 0) is 0 Å². The zero-order chi connectivity index (χ0) is 21.5. The minimum Gasteiger partial charge on any atom is -0.497 e. The van der Waals surface area contributed by atoms with Crippen LogP contribution in [-0.4, -0.2) is 68.4 Å². The third-order valence-electron chi connectivity index (χ3n) is 5.56. The molecule has 0 unspecified atom stereocenters. The molecule has 0 aliphatic carbocycles. The van der Waals surface area contributed by atoms with Crippen LogP contribution in [0.5, 0.6) is 11.5 Å². The van der Waals surface area contributed by atoms with Crippen LogP contribution in [0.4, 0.5) is 5.69 Å². The average molecular weight is 429 g/mol. The summed E-state index contributed by atoms with van der Waals surface area (Å²) in [5, 5.41) is 7.32. The maximum absolute atomic E-state index is 5.64. The number of likely N-dealkylation sites (N-methyl/N-ethyl adjacent to an activating group) is 1. The number of rotatable bonds is 7. The van der Waals surface area contributed by atoms with Gasteiger partial charge in [-0.1, -0.05) is 30.3 Å². The van der Waals surface area contributed by atoms with Crippen LogP contribution in [0.1, 0.15) is 18.5 Å². The lowest BCUT2D eigenvalue weighted by Crippen LogP contribution is -2.52. The number of anilines is 1. The van der Waals surface area contributed by atoms with Gasteiger partial charge in [0.1, 0.15) is 11.5 Å². The minimum atomic E-state index is 0.118. The van der Waals surface area contributed by atoms with Gasteiger partial charge in [-0.25, -0.2) is 0 Å². The molecule has 0 bridgehead atoms. The van der Waals surface area contributed by atoms with Gasteiger partial charge in [0.15, 0.2) is 5.11 Å². The van der Waals surface area contributed by atoms with E-state index in [1.54, 1.807) is 14.2 Å². The number of methoxy groups -OCH3 is 2. The minimum absolute atomic E-state index is 0.118. The van der Waals surface area contributed by atoms with Gasteiger partial charge in [-0.05, 0) is 43.9 Å². The molecule has 2 atom stereocenters. The fourth-order valence-electron chi connectivity index (χ4n) is 3.92. The first-order chi connectivity index (χ1) is 14.5. The van der Waals surface area contributed by atoms with Gasteiger partial charge in [-0.15, -0.1) is 0 Å². The summed E-state index contributed by atoms with van der Waals surface area (Å²) in [6.07, 6.45) is 0. The van der Waals surface area contributed by atoms with E-state index in [1.165, 1.54) is 5.56 Å². The van der Waals surface area contributed by atoms with E-state index >= 15 is 0 Å². The van der Waals surface area contributed by atoms with E-state index in [-0.39, 0.29) is 12.1 Å². The molecule has 0 saturated carbocycles. The van der Waals surface area contributed by atoms with Crippen molar-refractivity contribution in [2.45, 2.75) is 19.0 Å². The zero-order valence-electron chi connectivity index (χ0n) is 18.2. The molecule has 1 heterocycles. The van der Waals surface area contributed by atoms with E-state index in [4.69, 9.17) is 21.7 Å². The third kappa shape index (κ3) is 5.62. The smallest absolute Gasteiger partial charge is 0.171 e. The summed E-state index contributed by atoms with van der Waals surface area (Å²) in [6.45, 7) is 6.39. The summed E-state index contributed by atoms with van der Waals surface area (Å²) in [5.41, 5.74) is 2.07. The zero-order valence-corrected chi connectivity index (χ0v) is 19.0. The first-order valence-corrected chi connectivity index (χ1v) is 10.7. The highest BCUT2D eigenvalue weighted by molar-refractivity contribution is 7.80. The number of nitrogens with zero attached hydrogens (tertiary/aromatic N) is 2. The van der Waals surface area contributed by atoms with Crippen LogP contribution in [0.3, 0.4) is 0 Å². The molecule has 2 aromatic carbocycles. The Hall–Kier alpha value is -2.35. The van der Waals surface area contributed by atoms with Crippen molar-refractivity contribution in [1.29, 1.82) is 0 Å². The number of thiocarbonyl (C=S) groups is 1. The van der Waals surface area contributed by atoms with Crippen LogP contribution >= 0.6 is 12.2 Å². The van der Waals surface area contributed by atoms with Gasteiger partial charge in [0, 0.05) is 38.3 Å². The van der Waals surface area contributed by atoms with E-state index in [0.29, 0.717) is 10.9 Å². The molecule has 0 radical (unpaired) electrons. The van der Waals surface area contributed by atoms with Crippen molar-refractivity contribution in [3.8, 4) is 11.5 Å². The van der Waals surface area contributed by atoms with Gasteiger partial charge in [0.25, 0.3) is 0 Å². The van der Waals surface area contributed by atoms with Crippen molar-refractivity contribution in [2.75, 3.05) is 52.8 Å². The normalized spacial score (nSPS) is 17.1. The summed E-state index contributed by atoms with van der Waals surface area (Å²) in [7, 11) is 5.47. The molecular weight excluding hydrogens is 396 g/mol. The highest BCUT2D eigenvalue weighted by Gasteiger charge is 2.29. The van der Waals surface area contributed by atoms with Crippen molar-refractivity contribution in [1.82, 2.24) is 15.1 Å². The Balaban J connectivity index is 1.74. The first-order valence-electron chi connectivity index (χ1n) is 10.3. The quantitative estimate of drug-likeness (QED) is 0.656. The highest BCUT2D eigenvalue weighted by atomic mass is 32.1. The SMILES string of the molecule is COc1ccc(OC)c(NC(=S)N[C@@H](C)[C@@H](c2ccccc2)N2CCN(C)CC2)c1. The third-order valence-corrected chi connectivity index (χ3v) is 5.78. The monoisotopic (exact) mass is 428 g/mol. The van der Waals surface area contributed by atoms with Gasteiger partial charge >= 0.3 is 0 Å². The largest absolute Gasteiger partial charge is 0.497 e. The molecule has 6 nitrogen and oxygen atoms in total. The van der Waals surface area contributed by atoms with Crippen molar-refractivity contribution in [2.24, 2.45) is 0 Å². The Labute approximate surface area is 185 Å². The van der Waals surface area contributed by atoms with E-state index in [0.717, 1.165) is 37.6 Å². The van der Waals surface area contributed by atoms with Crippen molar-refractivity contribution in [3.63, 3.8) is 0 Å². The molecule has 1 fully saturated rings. The Morgan fingerprint density at radius 1 is 1.00 bits per heavy atom. The molecule has 1 aliphatic heterocycles. The molecule has 0 spiro atoms. The molecular formula is C23H32N4O2S. The number of hydrogen-bond acceptors (Lipinski definition) is 5. The first kappa shape index (κ1) is 22.3. The predicted octanol–water partition coefficient (Wildman–Crippen LogP) is 3.37. The van der Waals surface area contributed by atoms with Gasteiger partial charge in [-0.3, -0.25) is 4.90 Å². The predicted molar refractivity (Wildman–Crippen MR) is 127 cm³/mol. The van der Waals surface area contributed by atoms with Gasteiger partial charge in [-0.2, -0.15) is 0 Å². The summed E-state index contributed by atoms with van der Waals surface area (Å²) < 4.78 is 10.8. The van der Waals surface area contributed by atoms with Gasteiger partial charge < -0.3 is 25.0 Å². The summed E-state index contributed by atoms with van der Waals surface area (Å²) in [5.74, 6) is 1.46. The van der Waals surface area contributed by atoms with Crippen LogP contribution in [0.15, 0.2) is 48.5 Å². The topological polar surface area (TPSA) is 49.0 Å². The van der Waals surface area contributed by atoms with Crippen molar-refractivity contribution >= 4 is 23.0 Å². The van der Waals surface area contributed by atoms with Crippen molar-refractivity contribution in [3.05, 3.63) is 54.1 Å². The molecule has 7 heteroatoms. The molecule has 162 valence electrons. The van der Waals surface area contributed by atoms with E-state index < -0.39 is 0 Å². The molecule has 2 N–H and O–H groups in total. The second-order valence-electron chi connectivity index (χ2n) is 7.65. The number of nitrogens with one attached hydrogen (secondary N) is 2. The fraction of sp³-hybridized carbons (Fsp3) is 0.435. The number of piperazine rings is 1. The van der Waals surface area contributed by atoms with E-state index in [9.17, 15) is 0 Å². The lowest BCUT2D eigenvalue weighted by Gasteiger charge is -2.41. The Bertz CT molecular complexity index is 825. The second-order valence-corrected chi connectivity index (χ2v) is 8.06. The molecule has 1 aliphatic rings. The average Bonchev–Trinajstić information content (AvgIpc) is 2.76. The van der Waals surface area contributed by atoms with Crippen LogP contribution in [0.25, 0.3) is 0 Å². The highest BCUT2D eigenvalue weighted by Crippen LogP contribution is 2.29. The molecule has 0 amide bonds. The summed E-state index contributed by atoms with van der Waals surface area (Å²) in [4.78, 5) is 4.92. The van der Waals surface area contributed by atoms with E-state index in [1.807, 2.05) is 18.2 Å². The Kier molecular flexibility index (Phi) is 7.90. The standard InChI is InChI=1S/C23H32N4O2S/c1-17(24-23(30)25-20-16-19(28-3)10-11-21(20)29-4)22(18-8-6-5-7-9-18)27-14-12-26(2)13-15-27/h5-11,16-17,22H,12-15H2,1-4H3,(H2,24,25,30)/t17-,22-/m0/s1. The Morgan fingerprint density at radius 3 is 2.33 bits per heavy atom. The molecule has 0 aromatic heterocycles. The number of hydrogen-bond donors (Lipinski definition) is 2. The van der Waals surface area contributed by atoms with E-state index in [2.05, 4.69) is 64.7 Å². The Morgan fingerprint density at radius 2 is 1.70 bits per heavy atom. The molecule has 30 heavy (non-hydrogen) atoms. The lowest BCUT2D eigenvalue weighted by molar-refractivity contribution is 0.0973. The molecule has 1 saturated heterocycles. The fourth-order valence-corrected chi connectivity index (χ4v) is 4.22. The second kappa shape index (κ2) is 10.6. The van der Waals surface area contributed by atoms with Crippen LogP contribution in [0.2, 0.25) is 0 Å². The van der Waals surface area contributed by atoms with Gasteiger partial charge in [0.2, 0.25) is 0 Å². The lowest BCUT2D eigenvalue weighted by atomic mass is 9.98. The summed E-state index contributed by atoms with van der Waals surface area (Å²) in [6, 6.07) is 16.6. The maximum atomic E-state index is 5.64. The molecule has 2 aromatic rings. The summed E-state index contributed by atoms with van der Waals surface area (Å²) >= 11 is 5.64. The maximum Gasteiger partial charge on any atom is 0.171 e. The van der Waals surface area contributed by atoms with Crippen LogP contribution < -0.4 is 20.1 Å². The van der Waals surface area contributed by atoms with Crippen molar-refractivity contribution < 1.29 is 9.47 Å². The van der Waals surface area contributed by atoms with Crippen LogP contribution in [0, 0.1) is 0 Å². The number of ether oxygens (including phenoxy) is 2. The number of benzene rings is 2.